The molecule has 4 aromatic heterocycles. The van der Waals surface area contributed by atoms with Crippen molar-refractivity contribution < 1.29 is 4.52 Å². The third-order valence-electron chi connectivity index (χ3n) is 4.13. The van der Waals surface area contributed by atoms with Gasteiger partial charge in [0.25, 0.3) is 0 Å². The summed E-state index contributed by atoms with van der Waals surface area (Å²) in [5.74, 6) is 0.849. The third-order valence-corrected chi connectivity index (χ3v) is 4.13. The van der Waals surface area contributed by atoms with E-state index in [0.29, 0.717) is 0 Å². The number of aromatic amines is 1. The maximum absolute atomic E-state index is 5.09. The molecule has 24 heavy (non-hydrogen) atoms. The Labute approximate surface area is 139 Å². The van der Waals surface area contributed by atoms with Crippen LogP contribution in [0.3, 0.4) is 0 Å². The summed E-state index contributed by atoms with van der Waals surface area (Å²) in [7, 11) is 0. The Morgan fingerprint density at radius 3 is 2.79 bits per heavy atom. The molecule has 0 aliphatic heterocycles. The quantitative estimate of drug-likeness (QED) is 0.610. The zero-order valence-corrected chi connectivity index (χ0v) is 13.5. The maximum Gasteiger partial charge on any atom is 0.137 e. The lowest BCUT2D eigenvalue weighted by molar-refractivity contribution is 0.390. The first-order chi connectivity index (χ1) is 11.8. The number of fused-ring (bicyclic) bond motifs is 1. The van der Waals surface area contributed by atoms with Gasteiger partial charge in [-0.25, -0.2) is 4.98 Å². The van der Waals surface area contributed by atoms with Crippen LogP contribution < -0.4 is 0 Å². The number of aromatic nitrogens is 4. The Balaban J connectivity index is 1.43. The van der Waals surface area contributed by atoms with Gasteiger partial charge in [0.1, 0.15) is 11.4 Å². The summed E-state index contributed by atoms with van der Waals surface area (Å²) in [5.41, 5.74) is 5.41. The van der Waals surface area contributed by atoms with Crippen LogP contribution in [-0.4, -0.2) is 20.1 Å². The van der Waals surface area contributed by atoms with Crippen molar-refractivity contribution in [2.24, 2.45) is 0 Å². The molecule has 0 amide bonds. The molecule has 0 aromatic carbocycles. The normalized spacial score (nSPS) is 11.2. The second-order valence-electron chi connectivity index (χ2n) is 5.98. The first kappa shape index (κ1) is 14.6. The van der Waals surface area contributed by atoms with Crippen LogP contribution in [0.25, 0.3) is 11.0 Å². The first-order valence-electron chi connectivity index (χ1n) is 8.05. The molecule has 120 valence electrons. The zero-order chi connectivity index (χ0) is 16.4. The van der Waals surface area contributed by atoms with E-state index < -0.39 is 0 Å². The molecule has 0 saturated heterocycles. The predicted octanol–water partition coefficient (Wildman–Crippen LogP) is 3.63. The number of rotatable bonds is 5. The van der Waals surface area contributed by atoms with Gasteiger partial charge >= 0.3 is 0 Å². The summed E-state index contributed by atoms with van der Waals surface area (Å²) < 4.78 is 5.09. The lowest BCUT2D eigenvalue weighted by Crippen LogP contribution is -1.96. The molecule has 0 fully saturated rings. The fourth-order valence-corrected chi connectivity index (χ4v) is 2.88. The number of H-pyrrole nitrogens is 1. The second-order valence-corrected chi connectivity index (χ2v) is 5.98. The van der Waals surface area contributed by atoms with Crippen LogP contribution in [0.1, 0.15) is 28.3 Å². The van der Waals surface area contributed by atoms with E-state index in [0.717, 1.165) is 42.1 Å². The third kappa shape index (κ3) is 3.06. The van der Waals surface area contributed by atoms with Crippen LogP contribution in [-0.2, 0) is 19.3 Å². The van der Waals surface area contributed by atoms with Crippen LogP contribution in [0.2, 0.25) is 0 Å². The predicted molar refractivity (Wildman–Crippen MR) is 91.8 cm³/mol. The van der Waals surface area contributed by atoms with Gasteiger partial charge in [0.05, 0.1) is 5.69 Å². The average molecular weight is 318 g/mol. The molecule has 0 bridgehead atoms. The number of nitrogens with zero attached hydrogens (tertiary/aromatic N) is 3. The fraction of sp³-hybridized carbons (Fsp3) is 0.211. The summed E-state index contributed by atoms with van der Waals surface area (Å²) in [4.78, 5) is 12.1. The number of hydrogen-bond donors (Lipinski definition) is 1. The monoisotopic (exact) mass is 318 g/mol. The molecule has 0 atom stereocenters. The van der Waals surface area contributed by atoms with Gasteiger partial charge in [-0.2, -0.15) is 0 Å². The van der Waals surface area contributed by atoms with Crippen molar-refractivity contribution in [3.63, 3.8) is 0 Å². The highest BCUT2D eigenvalue weighted by Gasteiger charge is 2.06. The molecule has 0 unspecified atom stereocenters. The minimum absolute atomic E-state index is 0.845. The van der Waals surface area contributed by atoms with Crippen molar-refractivity contribution in [2.75, 3.05) is 0 Å². The summed E-state index contributed by atoms with van der Waals surface area (Å²) >= 11 is 0. The van der Waals surface area contributed by atoms with E-state index in [1.807, 2.05) is 31.5 Å². The summed E-state index contributed by atoms with van der Waals surface area (Å²) in [6.45, 7) is 1.91. The molecule has 4 rings (SSSR count). The summed E-state index contributed by atoms with van der Waals surface area (Å²) in [5, 5.41) is 5.18. The zero-order valence-electron chi connectivity index (χ0n) is 13.5. The average Bonchev–Trinajstić information content (AvgIpc) is 3.21. The highest BCUT2D eigenvalue weighted by Crippen LogP contribution is 2.19. The largest absolute Gasteiger partial charge is 0.361 e. The smallest absolute Gasteiger partial charge is 0.137 e. The Morgan fingerprint density at radius 1 is 1.08 bits per heavy atom. The molecule has 5 heteroatoms. The Hall–Kier alpha value is -2.95. The second kappa shape index (κ2) is 6.28. The minimum Gasteiger partial charge on any atom is -0.361 e. The molecule has 0 saturated carbocycles. The van der Waals surface area contributed by atoms with Gasteiger partial charge in [0.2, 0.25) is 0 Å². The van der Waals surface area contributed by atoms with Gasteiger partial charge in [0.15, 0.2) is 0 Å². The summed E-state index contributed by atoms with van der Waals surface area (Å²) in [6.07, 6.45) is 8.34. The van der Waals surface area contributed by atoms with E-state index in [-0.39, 0.29) is 0 Å². The van der Waals surface area contributed by atoms with Crippen LogP contribution in [0.4, 0.5) is 0 Å². The van der Waals surface area contributed by atoms with Crippen molar-refractivity contribution in [3.05, 3.63) is 77.2 Å². The van der Waals surface area contributed by atoms with Crippen LogP contribution in [0.15, 0.2) is 53.4 Å². The molecular weight excluding hydrogens is 300 g/mol. The lowest BCUT2D eigenvalue weighted by Gasteiger charge is -2.03. The molecular formula is C19H18N4O. The Morgan fingerprint density at radius 2 is 2.00 bits per heavy atom. The minimum atomic E-state index is 0.845. The number of nitrogens with one attached hydrogen (secondary N) is 1. The van der Waals surface area contributed by atoms with Gasteiger partial charge in [-0.1, -0.05) is 11.2 Å². The van der Waals surface area contributed by atoms with Gasteiger partial charge in [-0.05, 0) is 49.1 Å². The van der Waals surface area contributed by atoms with Gasteiger partial charge in [-0.3, -0.25) is 4.98 Å². The van der Waals surface area contributed by atoms with E-state index in [1.54, 1.807) is 6.20 Å². The molecule has 4 aromatic rings. The number of hydrogen-bond acceptors (Lipinski definition) is 4. The highest BCUT2D eigenvalue weighted by molar-refractivity contribution is 5.79. The summed E-state index contributed by atoms with van der Waals surface area (Å²) in [6, 6.07) is 10.3. The van der Waals surface area contributed by atoms with E-state index in [4.69, 9.17) is 4.52 Å². The molecule has 1 N–H and O–H groups in total. The SMILES string of the molecule is Cc1cc(CCc2ccc(Cc3c[nH]c4ncccc34)cn2)no1. The molecule has 0 radical (unpaired) electrons. The van der Waals surface area contributed by atoms with Crippen LogP contribution in [0.5, 0.6) is 0 Å². The van der Waals surface area contributed by atoms with Crippen molar-refractivity contribution in [1.82, 2.24) is 20.1 Å². The Bertz CT molecular complexity index is 953. The van der Waals surface area contributed by atoms with Gasteiger partial charge < -0.3 is 9.51 Å². The Kier molecular flexibility index (Phi) is 3.83. The van der Waals surface area contributed by atoms with Crippen molar-refractivity contribution in [2.45, 2.75) is 26.2 Å². The van der Waals surface area contributed by atoms with Crippen molar-refractivity contribution in [1.29, 1.82) is 0 Å². The van der Waals surface area contributed by atoms with E-state index in [9.17, 15) is 0 Å². The number of aryl methyl sites for hydroxylation is 3. The van der Waals surface area contributed by atoms with Gasteiger partial charge in [0, 0.05) is 42.2 Å². The van der Waals surface area contributed by atoms with E-state index in [1.165, 1.54) is 16.5 Å². The van der Waals surface area contributed by atoms with Crippen LogP contribution >= 0.6 is 0 Å². The van der Waals surface area contributed by atoms with E-state index >= 15 is 0 Å². The highest BCUT2D eigenvalue weighted by atomic mass is 16.5. The van der Waals surface area contributed by atoms with Crippen molar-refractivity contribution in [3.8, 4) is 0 Å². The molecule has 5 nitrogen and oxygen atoms in total. The standard InChI is InChI=1S/C19H18N4O/c1-13-9-17(23-24-13)7-6-16-5-4-14(11-21-16)10-15-12-22-19-18(15)3-2-8-20-19/h2-5,8-9,11-12H,6-7,10H2,1H3,(H,20,22). The fourth-order valence-electron chi connectivity index (χ4n) is 2.88. The molecule has 0 aliphatic carbocycles. The molecule has 0 aliphatic rings. The van der Waals surface area contributed by atoms with Gasteiger partial charge in [-0.15, -0.1) is 0 Å². The topological polar surface area (TPSA) is 67.6 Å². The molecule has 0 spiro atoms. The number of pyridine rings is 2. The van der Waals surface area contributed by atoms with Crippen LogP contribution in [0, 0.1) is 6.92 Å². The first-order valence-corrected chi connectivity index (χ1v) is 8.05. The van der Waals surface area contributed by atoms with Crippen molar-refractivity contribution >= 4 is 11.0 Å². The maximum atomic E-state index is 5.09. The lowest BCUT2D eigenvalue weighted by atomic mass is 10.1. The van der Waals surface area contributed by atoms with E-state index in [2.05, 4.69) is 38.3 Å². The molecule has 4 heterocycles.